The highest BCUT2D eigenvalue weighted by Gasteiger charge is 2.20. The molecule has 25 heavy (non-hydrogen) atoms. The second-order valence-electron chi connectivity index (χ2n) is 6.01. The molecule has 0 aliphatic heterocycles. The minimum Gasteiger partial charge on any atom is -0.491 e. The topological polar surface area (TPSA) is 48.2 Å². The maximum absolute atomic E-state index is 6.21. The van der Waals surface area contributed by atoms with Gasteiger partial charge in [-0.2, -0.15) is 4.98 Å². The Morgan fingerprint density at radius 2 is 1.60 bits per heavy atom. The summed E-state index contributed by atoms with van der Waals surface area (Å²) in [5.74, 6) is 1.66. The standard InChI is InChI=1S/C19H18Cl2N2O2/c1-11(2)24-14-9-7-13(8-10-14)12(3)19-22-18(23-25-19)17-15(20)5-4-6-16(17)21/h4-12H,1-3H3. The number of halogens is 2. The minimum atomic E-state index is -0.0596. The Morgan fingerprint density at radius 3 is 2.20 bits per heavy atom. The van der Waals surface area contributed by atoms with Gasteiger partial charge in [0.25, 0.3) is 0 Å². The van der Waals surface area contributed by atoms with Crippen LogP contribution in [0.25, 0.3) is 11.4 Å². The summed E-state index contributed by atoms with van der Waals surface area (Å²) in [6.07, 6.45) is 0.141. The van der Waals surface area contributed by atoms with E-state index in [0.717, 1.165) is 11.3 Å². The van der Waals surface area contributed by atoms with Crippen molar-refractivity contribution in [2.45, 2.75) is 32.8 Å². The quantitative estimate of drug-likeness (QED) is 0.549. The van der Waals surface area contributed by atoms with E-state index >= 15 is 0 Å². The van der Waals surface area contributed by atoms with Crippen molar-refractivity contribution in [2.75, 3.05) is 0 Å². The lowest BCUT2D eigenvalue weighted by atomic mass is 10.0. The van der Waals surface area contributed by atoms with E-state index in [0.29, 0.717) is 27.3 Å². The maximum atomic E-state index is 6.21. The lowest BCUT2D eigenvalue weighted by Crippen LogP contribution is -2.05. The first kappa shape index (κ1) is 17.8. The van der Waals surface area contributed by atoms with Gasteiger partial charge in [-0.05, 0) is 50.6 Å². The zero-order chi connectivity index (χ0) is 18.0. The summed E-state index contributed by atoms with van der Waals surface area (Å²) in [4.78, 5) is 4.47. The first-order chi connectivity index (χ1) is 12.0. The van der Waals surface area contributed by atoms with Gasteiger partial charge in [0.15, 0.2) is 0 Å². The van der Waals surface area contributed by atoms with Crippen molar-refractivity contribution in [2.24, 2.45) is 0 Å². The Labute approximate surface area is 156 Å². The Morgan fingerprint density at radius 1 is 0.960 bits per heavy atom. The van der Waals surface area contributed by atoms with Crippen LogP contribution in [0.4, 0.5) is 0 Å². The van der Waals surface area contributed by atoms with E-state index in [1.807, 2.05) is 45.0 Å². The van der Waals surface area contributed by atoms with Crippen LogP contribution >= 0.6 is 23.2 Å². The van der Waals surface area contributed by atoms with Gasteiger partial charge in [0, 0.05) is 0 Å². The van der Waals surface area contributed by atoms with Gasteiger partial charge < -0.3 is 9.26 Å². The van der Waals surface area contributed by atoms with Crippen LogP contribution in [0, 0.1) is 0 Å². The molecule has 0 N–H and O–H groups in total. The Kier molecular flexibility index (Phi) is 5.30. The third kappa shape index (κ3) is 3.97. The molecule has 0 bridgehead atoms. The molecule has 130 valence electrons. The predicted molar refractivity (Wildman–Crippen MR) is 99.5 cm³/mol. The molecule has 1 atom stereocenters. The fourth-order valence-electron chi connectivity index (χ4n) is 2.47. The molecule has 3 rings (SSSR count). The van der Waals surface area contributed by atoms with Gasteiger partial charge in [0.1, 0.15) is 5.75 Å². The molecule has 2 aromatic carbocycles. The van der Waals surface area contributed by atoms with Gasteiger partial charge in [-0.3, -0.25) is 0 Å². The molecule has 0 spiro atoms. The molecule has 3 aromatic rings. The molecule has 0 saturated carbocycles. The van der Waals surface area contributed by atoms with Crippen LogP contribution in [-0.4, -0.2) is 16.2 Å². The first-order valence-corrected chi connectivity index (χ1v) is 8.76. The van der Waals surface area contributed by atoms with Crippen LogP contribution in [0.5, 0.6) is 5.75 Å². The molecule has 0 amide bonds. The summed E-state index contributed by atoms with van der Waals surface area (Å²) in [6.45, 7) is 6.00. The molecule has 0 fully saturated rings. The van der Waals surface area contributed by atoms with Gasteiger partial charge in [-0.15, -0.1) is 0 Å². The van der Waals surface area contributed by atoms with Crippen molar-refractivity contribution < 1.29 is 9.26 Å². The van der Waals surface area contributed by atoms with Crippen LogP contribution < -0.4 is 4.74 Å². The second-order valence-corrected chi connectivity index (χ2v) is 6.82. The number of ether oxygens (including phenoxy) is 1. The number of rotatable bonds is 5. The fraction of sp³-hybridized carbons (Fsp3) is 0.263. The van der Waals surface area contributed by atoms with E-state index in [-0.39, 0.29) is 12.0 Å². The number of benzene rings is 2. The summed E-state index contributed by atoms with van der Waals surface area (Å²) in [6, 6.07) is 13.1. The predicted octanol–water partition coefficient (Wildman–Crippen LogP) is 5.98. The number of hydrogen-bond acceptors (Lipinski definition) is 4. The smallest absolute Gasteiger partial charge is 0.234 e. The molecular formula is C19H18Cl2N2O2. The van der Waals surface area contributed by atoms with E-state index in [2.05, 4.69) is 10.1 Å². The normalized spacial score (nSPS) is 12.4. The van der Waals surface area contributed by atoms with E-state index in [4.69, 9.17) is 32.5 Å². The van der Waals surface area contributed by atoms with Crippen molar-refractivity contribution in [1.82, 2.24) is 10.1 Å². The van der Waals surface area contributed by atoms with E-state index in [9.17, 15) is 0 Å². The molecule has 1 aromatic heterocycles. The monoisotopic (exact) mass is 376 g/mol. The van der Waals surface area contributed by atoms with Crippen LogP contribution in [0.15, 0.2) is 47.0 Å². The van der Waals surface area contributed by atoms with Gasteiger partial charge in [0.05, 0.1) is 27.6 Å². The lowest BCUT2D eigenvalue weighted by molar-refractivity contribution is 0.242. The second kappa shape index (κ2) is 7.46. The fourth-order valence-corrected chi connectivity index (χ4v) is 3.04. The van der Waals surface area contributed by atoms with Crippen LogP contribution in [0.1, 0.15) is 38.1 Å². The van der Waals surface area contributed by atoms with Crippen molar-refractivity contribution in [3.8, 4) is 17.1 Å². The van der Waals surface area contributed by atoms with E-state index in [1.54, 1.807) is 18.2 Å². The summed E-state index contributed by atoms with van der Waals surface area (Å²) in [5.41, 5.74) is 1.63. The Bertz CT molecular complexity index is 840. The SMILES string of the molecule is CC(C)Oc1ccc(C(C)c2nc(-c3c(Cl)cccc3Cl)no2)cc1. The molecule has 1 unspecified atom stereocenters. The van der Waals surface area contributed by atoms with Crippen molar-refractivity contribution >= 4 is 23.2 Å². The van der Waals surface area contributed by atoms with Crippen LogP contribution in [0.3, 0.4) is 0 Å². The van der Waals surface area contributed by atoms with E-state index < -0.39 is 0 Å². The molecule has 6 heteroatoms. The number of hydrogen-bond donors (Lipinski definition) is 0. The molecule has 1 heterocycles. The highest BCUT2D eigenvalue weighted by Crippen LogP contribution is 2.34. The number of nitrogens with zero attached hydrogens (tertiary/aromatic N) is 2. The van der Waals surface area contributed by atoms with Crippen molar-refractivity contribution in [1.29, 1.82) is 0 Å². The molecule has 0 saturated heterocycles. The summed E-state index contributed by atoms with van der Waals surface area (Å²) < 4.78 is 11.1. The maximum Gasteiger partial charge on any atom is 0.234 e. The molecule has 0 radical (unpaired) electrons. The van der Waals surface area contributed by atoms with Gasteiger partial charge >= 0.3 is 0 Å². The summed E-state index contributed by atoms with van der Waals surface area (Å²) in [5, 5.41) is 5.01. The molecule has 0 aliphatic carbocycles. The highest BCUT2D eigenvalue weighted by atomic mass is 35.5. The van der Waals surface area contributed by atoms with Crippen LogP contribution in [-0.2, 0) is 0 Å². The third-order valence-electron chi connectivity index (χ3n) is 3.75. The zero-order valence-electron chi connectivity index (χ0n) is 14.2. The van der Waals surface area contributed by atoms with Gasteiger partial charge in [-0.1, -0.05) is 46.6 Å². The Hall–Kier alpha value is -2.04. The first-order valence-electron chi connectivity index (χ1n) is 8.00. The Balaban J connectivity index is 1.84. The zero-order valence-corrected chi connectivity index (χ0v) is 15.7. The van der Waals surface area contributed by atoms with Crippen molar-refractivity contribution in [3.05, 3.63) is 64.0 Å². The average Bonchev–Trinajstić information content (AvgIpc) is 3.04. The van der Waals surface area contributed by atoms with Crippen LogP contribution in [0.2, 0.25) is 10.0 Å². The lowest BCUT2D eigenvalue weighted by Gasteiger charge is -2.11. The molecule has 4 nitrogen and oxygen atoms in total. The van der Waals surface area contributed by atoms with Gasteiger partial charge in [-0.25, -0.2) is 0 Å². The summed E-state index contributed by atoms with van der Waals surface area (Å²) in [7, 11) is 0. The molecule has 0 aliphatic rings. The largest absolute Gasteiger partial charge is 0.491 e. The van der Waals surface area contributed by atoms with E-state index in [1.165, 1.54) is 0 Å². The van der Waals surface area contributed by atoms with Gasteiger partial charge in [0.2, 0.25) is 11.7 Å². The number of aromatic nitrogens is 2. The third-order valence-corrected chi connectivity index (χ3v) is 4.38. The average molecular weight is 377 g/mol. The molecular weight excluding hydrogens is 359 g/mol. The minimum absolute atomic E-state index is 0.0596. The highest BCUT2D eigenvalue weighted by molar-refractivity contribution is 6.38. The van der Waals surface area contributed by atoms with Crippen molar-refractivity contribution in [3.63, 3.8) is 0 Å². The summed E-state index contributed by atoms with van der Waals surface area (Å²) >= 11 is 12.4.